The molecule has 2 nitrogen and oxygen atoms in total. The van der Waals surface area contributed by atoms with E-state index in [0.717, 1.165) is 5.56 Å². The first-order chi connectivity index (χ1) is 6.25. The third-order valence-corrected chi connectivity index (χ3v) is 1.82. The van der Waals surface area contributed by atoms with E-state index in [0.29, 0.717) is 12.0 Å². The lowest BCUT2D eigenvalue weighted by Gasteiger charge is -2.01. The summed E-state index contributed by atoms with van der Waals surface area (Å²) in [5, 5.41) is 8.84. The Morgan fingerprint density at radius 3 is 2.77 bits per heavy atom. The fourth-order valence-corrected chi connectivity index (χ4v) is 1.15. The van der Waals surface area contributed by atoms with Gasteiger partial charge in [-0.3, -0.25) is 0 Å². The van der Waals surface area contributed by atoms with Crippen LogP contribution in [0.2, 0.25) is 0 Å². The van der Waals surface area contributed by atoms with Crippen molar-refractivity contribution in [1.29, 1.82) is 0 Å². The smallest absolute Gasteiger partial charge is 0.335 e. The number of allylic oxidation sites excluding steroid dienone is 2. The van der Waals surface area contributed by atoms with E-state index >= 15 is 0 Å². The van der Waals surface area contributed by atoms with Gasteiger partial charge < -0.3 is 5.11 Å². The van der Waals surface area contributed by atoms with Crippen LogP contribution >= 0.6 is 0 Å². The van der Waals surface area contributed by atoms with Gasteiger partial charge in [-0.25, -0.2) is 4.79 Å². The summed E-state index contributed by atoms with van der Waals surface area (Å²) in [5.74, 6) is -0.861. The van der Waals surface area contributed by atoms with Crippen molar-refractivity contribution >= 4 is 5.97 Å². The number of carboxylic acid groups (broad SMARTS) is 1. The van der Waals surface area contributed by atoms with Crippen LogP contribution in [0.5, 0.6) is 0 Å². The molecule has 0 fully saturated rings. The van der Waals surface area contributed by atoms with E-state index < -0.39 is 5.97 Å². The lowest BCUT2D eigenvalue weighted by Crippen LogP contribution is -2.00. The third-order valence-electron chi connectivity index (χ3n) is 1.82. The molecule has 0 atom stereocenters. The van der Waals surface area contributed by atoms with Crippen LogP contribution in [0.1, 0.15) is 22.8 Å². The zero-order valence-corrected chi connectivity index (χ0v) is 7.53. The molecule has 0 aliphatic heterocycles. The Morgan fingerprint density at radius 1 is 1.46 bits per heavy atom. The number of hydrogen-bond acceptors (Lipinski definition) is 1. The van der Waals surface area contributed by atoms with Crippen LogP contribution in [0.15, 0.2) is 36.4 Å². The lowest BCUT2D eigenvalue weighted by atomic mass is 10.0. The quantitative estimate of drug-likeness (QED) is 0.718. The average molecular weight is 176 g/mol. The predicted molar refractivity (Wildman–Crippen MR) is 51.9 cm³/mol. The van der Waals surface area contributed by atoms with Gasteiger partial charge in [0.15, 0.2) is 0 Å². The molecule has 0 bridgehead atoms. The molecule has 0 spiro atoms. The van der Waals surface area contributed by atoms with Gasteiger partial charge in [0.1, 0.15) is 0 Å². The van der Waals surface area contributed by atoms with E-state index in [9.17, 15) is 4.79 Å². The molecule has 0 amide bonds. The highest BCUT2D eigenvalue weighted by molar-refractivity contribution is 5.89. The average Bonchev–Trinajstić information content (AvgIpc) is 2.15. The molecule has 0 unspecified atom stereocenters. The summed E-state index contributed by atoms with van der Waals surface area (Å²) in [5.41, 5.74) is 1.24. The van der Waals surface area contributed by atoms with Gasteiger partial charge in [0.05, 0.1) is 5.56 Å². The molecule has 0 aliphatic carbocycles. The minimum Gasteiger partial charge on any atom is -0.478 e. The number of benzene rings is 1. The molecule has 68 valence electrons. The molecular formula is C11H12O2. The SMILES string of the molecule is CC=CCc1ccccc1C(=O)O. The number of rotatable bonds is 3. The summed E-state index contributed by atoms with van der Waals surface area (Å²) >= 11 is 0. The fraction of sp³-hybridized carbons (Fsp3) is 0.182. The molecule has 1 aromatic carbocycles. The van der Waals surface area contributed by atoms with E-state index in [-0.39, 0.29) is 0 Å². The van der Waals surface area contributed by atoms with Crippen molar-refractivity contribution in [2.75, 3.05) is 0 Å². The van der Waals surface area contributed by atoms with Gasteiger partial charge in [-0.2, -0.15) is 0 Å². The standard InChI is InChI=1S/C11H12O2/c1-2-3-6-9-7-4-5-8-10(9)11(12)13/h2-5,7-8H,6H2,1H3,(H,12,13). The molecule has 1 rings (SSSR count). The molecule has 2 heteroatoms. The predicted octanol–water partition coefficient (Wildman–Crippen LogP) is 2.50. The van der Waals surface area contributed by atoms with Gasteiger partial charge in [0.2, 0.25) is 0 Å². The third kappa shape index (κ3) is 2.44. The second-order valence-electron chi connectivity index (χ2n) is 2.74. The van der Waals surface area contributed by atoms with E-state index in [1.807, 2.05) is 31.2 Å². The van der Waals surface area contributed by atoms with Gasteiger partial charge >= 0.3 is 5.97 Å². The molecular weight excluding hydrogens is 164 g/mol. The minimum absolute atomic E-state index is 0.389. The Kier molecular flexibility index (Phi) is 3.26. The van der Waals surface area contributed by atoms with Crippen molar-refractivity contribution in [1.82, 2.24) is 0 Å². The molecule has 0 aliphatic rings. The summed E-state index contributed by atoms with van der Waals surface area (Å²) in [6.07, 6.45) is 4.54. The Labute approximate surface area is 77.5 Å². The first kappa shape index (κ1) is 9.52. The molecule has 0 aromatic heterocycles. The van der Waals surface area contributed by atoms with E-state index in [1.54, 1.807) is 12.1 Å². The van der Waals surface area contributed by atoms with E-state index in [2.05, 4.69) is 0 Å². The normalized spacial score (nSPS) is 10.5. The van der Waals surface area contributed by atoms with Crippen LogP contribution in [0, 0.1) is 0 Å². The van der Waals surface area contributed by atoms with Crippen LogP contribution in [0.4, 0.5) is 0 Å². The number of carbonyl (C=O) groups is 1. The van der Waals surface area contributed by atoms with Crippen molar-refractivity contribution in [2.45, 2.75) is 13.3 Å². The van der Waals surface area contributed by atoms with Crippen molar-refractivity contribution in [2.24, 2.45) is 0 Å². The number of aromatic carboxylic acids is 1. The molecule has 13 heavy (non-hydrogen) atoms. The summed E-state index contributed by atoms with van der Waals surface area (Å²) in [4.78, 5) is 10.8. The van der Waals surface area contributed by atoms with Crippen LogP contribution in [0.25, 0.3) is 0 Å². The Morgan fingerprint density at radius 2 is 2.15 bits per heavy atom. The maximum Gasteiger partial charge on any atom is 0.335 e. The second-order valence-corrected chi connectivity index (χ2v) is 2.74. The molecule has 0 heterocycles. The summed E-state index contributed by atoms with van der Waals surface area (Å²) in [7, 11) is 0. The largest absolute Gasteiger partial charge is 0.478 e. The van der Waals surface area contributed by atoms with Crippen LogP contribution < -0.4 is 0 Å². The zero-order valence-electron chi connectivity index (χ0n) is 7.53. The van der Waals surface area contributed by atoms with Crippen LogP contribution in [-0.2, 0) is 6.42 Å². The highest BCUT2D eigenvalue weighted by atomic mass is 16.4. The Hall–Kier alpha value is -1.57. The van der Waals surface area contributed by atoms with Crippen LogP contribution in [-0.4, -0.2) is 11.1 Å². The van der Waals surface area contributed by atoms with Gasteiger partial charge in [-0.15, -0.1) is 0 Å². The maximum absolute atomic E-state index is 10.8. The van der Waals surface area contributed by atoms with Crippen molar-refractivity contribution in [3.63, 3.8) is 0 Å². The number of carboxylic acids is 1. The minimum atomic E-state index is -0.861. The Balaban J connectivity index is 2.97. The first-order valence-electron chi connectivity index (χ1n) is 4.18. The van der Waals surface area contributed by atoms with Crippen molar-refractivity contribution in [3.8, 4) is 0 Å². The van der Waals surface area contributed by atoms with E-state index in [1.165, 1.54) is 0 Å². The molecule has 1 N–H and O–H groups in total. The first-order valence-corrected chi connectivity index (χ1v) is 4.18. The molecule has 1 aromatic rings. The topological polar surface area (TPSA) is 37.3 Å². The lowest BCUT2D eigenvalue weighted by molar-refractivity contribution is 0.0696. The number of hydrogen-bond donors (Lipinski definition) is 1. The van der Waals surface area contributed by atoms with Gasteiger partial charge in [-0.05, 0) is 25.0 Å². The van der Waals surface area contributed by atoms with Gasteiger partial charge in [0, 0.05) is 0 Å². The molecule has 0 saturated carbocycles. The zero-order chi connectivity index (χ0) is 9.68. The fourth-order valence-electron chi connectivity index (χ4n) is 1.15. The molecule has 0 radical (unpaired) electrons. The summed E-state index contributed by atoms with van der Waals surface area (Å²) in [6, 6.07) is 7.05. The highest BCUT2D eigenvalue weighted by Gasteiger charge is 2.06. The monoisotopic (exact) mass is 176 g/mol. The van der Waals surface area contributed by atoms with Crippen molar-refractivity contribution in [3.05, 3.63) is 47.5 Å². The second kappa shape index (κ2) is 4.45. The van der Waals surface area contributed by atoms with Crippen LogP contribution in [0.3, 0.4) is 0 Å². The van der Waals surface area contributed by atoms with E-state index in [4.69, 9.17) is 5.11 Å². The Bertz CT molecular complexity index is 327. The molecule has 0 saturated heterocycles. The summed E-state index contributed by atoms with van der Waals surface area (Å²) in [6.45, 7) is 1.92. The van der Waals surface area contributed by atoms with Gasteiger partial charge in [0.25, 0.3) is 0 Å². The highest BCUT2D eigenvalue weighted by Crippen LogP contribution is 2.09. The van der Waals surface area contributed by atoms with Gasteiger partial charge in [-0.1, -0.05) is 30.4 Å². The maximum atomic E-state index is 10.8. The summed E-state index contributed by atoms with van der Waals surface area (Å²) < 4.78 is 0. The van der Waals surface area contributed by atoms with Crippen molar-refractivity contribution < 1.29 is 9.90 Å².